The minimum Gasteiger partial charge on any atom is -0.455 e. The van der Waals surface area contributed by atoms with Crippen LogP contribution in [-0.4, -0.2) is 17.0 Å². The zero-order valence-electron chi connectivity index (χ0n) is 15.5. The molecule has 1 N–H and O–H groups in total. The Morgan fingerprint density at radius 3 is 2.68 bits per heavy atom. The maximum Gasteiger partial charge on any atom is 0.280 e. The average molecular weight is 377 g/mol. The fraction of sp³-hybridized carbons (Fsp3) is 0.143. The number of aryl methyl sites for hydroxylation is 2. The van der Waals surface area contributed by atoms with E-state index < -0.39 is 4.92 Å². The van der Waals surface area contributed by atoms with Crippen molar-refractivity contribution in [3.8, 4) is 11.3 Å². The Labute approximate surface area is 161 Å². The van der Waals surface area contributed by atoms with Crippen LogP contribution in [0.15, 0.2) is 64.1 Å². The molecular formula is C21H19N3O4. The highest BCUT2D eigenvalue weighted by Crippen LogP contribution is 2.30. The summed E-state index contributed by atoms with van der Waals surface area (Å²) in [6, 6.07) is 15.5. The molecule has 0 aliphatic carbocycles. The van der Waals surface area contributed by atoms with Crippen molar-refractivity contribution in [1.82, 2.24) is 5.43 Å². The van der Waals surface area contributed by atoms with Gasteiger partial charge in [0.25, 0.3) is 5.69 Å². The molecule has 3 rings (SSSR count). The first-order valence-corrected chi connectivity index (χ1v) is 8.65. The van der Waals surface area contributed by atoms with Crippen LogP contribution < -0.4 is 5.43 Å². The Balaban J connectivity index is 1.63. The minimum absolute atomic E-state index is 0.0398. The molecule has 3 aromatic rings. The lowest BCUT2D eigenvalue weighted by Gasteiger charge is -2.04. The number of amides is 1. The molecule has 2 aromatic carbocycles. The van der Waals surface area contributed by atoms with Crippen molar-refractivity contribution in [2.45, 2.75) is 20.3 Å². The van der Waals surface area contributed by atoms with Crippen molar-refractivity contribution in [3.05, 3.63) is 87.2 Å². The topological polar surface area (TPSA) is 97.7 Å². The van der Waals surface area contributed by atoms with Gasteiger partial charge < -0.3 is 4.42 Å². The molecule has 0 bridgehead atoms. The molecular weight excluding hydrogens is 358 g/mol. The zero-order chi connectivity index (χ0) is 20.1. The predicted molar refractivity (Wildman–Crippen MR) is 106 cm³/mol. The predicted octanol–water partition coefficient (Wildman–Crippen LogP) is 4.16. The van der Waals surface area contributed by atoms with Gasteiger partial charge in [-0.1, -0.05) is 30.3 Å². The van der Waals surface area contributed by atoms with Crippen LogP contribution in [0.4, 0.5) is 5.69 Å². The summed E-state index contributed by atoms with van der Waals surface area (Å²) < 4.78 is 5.58. The summed E-state index contributed by atoms with van der Waals surface area (Å²) in [4.78, 5) is 22.7. The number of nitro groups is 1. The molecule has 1 aromatic heterocycles. The van der Waals surface area contributed by atoms with Crippen molar-refractivity contribution in [1.29, 1.82) is 0 Å². The molecule has 0 unspecified atom stereocenters. The van der Waals surface area contributed by atoms with Crippen LogP contribution in [0.5, 0.6) is 0 Å². The number of nitrogens with one attached hydrogen (secondary N) is 1. The number of para-hydroxylation sites is 1. The van der Waals surface area contributed by atoms with Crippen molar-refractivity contribution in [2.75, 3.05) is 0 Å². The number of benzene rings is 2. The Bertz CT molecular complexity index is 1050. The minimum atomic E-state index is -0.460. The SMILES string of the molecule is Cc1ccc(CC(=O)N/N=C\c2ccc(-c3ccccc3[N+](=O)[O-])o2)cc1C. The molecule has 1 heterocycles. The van der Waals surface area contributed by atoms with E-state index in [9.17, 15) is 14.9 Å². The second-order valence-electron chi connectivity index (χ2n) is 6.36. The van der Waals surface area contributed by atoms with E-state index in [4.69, 9.17) is 4.42 Å². The first kappa shape index (κ1) is 19.0. The average Bonchev–Trinajstić information content (AvgIpc) is 3.13. The van der Waals surface area contributed by atoms with Gasteiger partial charge in [0.05, 0.1) is 23.1 Å². The van der Waals surface area contributed by atoms with Gasteiger partial charge in [-0.15, -0.1) is 0 Å². The summed E-state index contributed by atoms with van der Waals surface area (Å²) in [5.41, 5.74) is 6.01. The van der Waals surface area contributed by atoms with Gasteiger partial charge in [-0.25, -0.2) is 5.43 Å². The summed E-state index contributed by atoms with van der Waals surface area (Å²) in [5.74, 6) is 0.486. The number of rotatable bonds is 6. The molecule has 0 aliphatic heterocycles. The molecule has 0 atom stereocenters. The van der Waals surface area contributed by atoms with Crippen LogP contribution in [0.1, 0.15) is 22.5 Å². The second kappa shape index (κ2) is 8.30. The van der Waals surface area contributed by atoms with E-state index in [1.54, 1.807) is 30.3 Å². The van der Waals surface area contributed by atoms with Crippen LogP contribution in [0.3, 0.4) is 0 Å². The molecule has 0 saturated carbocycles. The molecule has 0 aliphatic rings. The van der Waals surface area contributed by atoms with Crippen LogP contribution in [0.25, 0.3) is 11.3 Å². The molecule has 7 nitrogen and oxygen atoms in total. The Kier molecular flexibility index (Phi) is 5.64. The largest absolute Gasteiger partial charge is 0.455 e. The Hall–Kier alpha value is -3.74. The van der Waals surface area contributed by atoms with Crippen molar-refractivity contribution >= 4 is 17.8 Å². The lowest BCUT2D eigenvalue weighted by molar-refractivity contribution is -0.384. The molecule has 0 fully saturated rings. The van der Waals surface area contributed by atoms with Gasteiger partial charge >= 0.3 is 0 Å². The summed E-state index contributed by atoms with van der Waals surface area (Å²) >= 11 is 0. The van der Waals surface area contributed by atoms with Crippen LogP contribution >= 0.6 is 0 Å². The lowest BCUT2D eigenvalue weighted by atomic mass is 10.0. The van der Waals surface area contributed by atoms with E-state index in [2.05, 4.69) is 10.5 Å². The fourth-order valence-corrected chi connectivity index (χ4v) is 2.71. The third-order valence-corrected chi connectivity index (χ3v) is 4.31. The highest BCUT2D eigenvalue weighted by atomic mass is 16.6. The van der Waals surface area contributed by atoms with E-state index in [0.29, 0.717) is 17.1 Å². The van der Waals surface area contributed by atoms with E-state index in [1.807, 2.05) is 32.0 Å². The van der Waals surface area contributed by atoms with Gasteiger partial charge in [-0.3, -0.25) is 14.9 Å². The maximum absolute atomic E-state index is 12.0. The van der Waals surface area contributed by atoms with Gasteiger partial charge in [0.2, 0.25) is 5.91 Å². The van der Waals surface area contributed by atoms with Gasteiger partial charge in [-0.2, -0.15) is 5.10 Å². The second-order valence-corrected chi connectivity index (χ2v) is 6.36. The van der Waals surface area contributed by atoms with E-state index >= 15 is 0 Å². The third-order valence-electron chi connectivity index (χ3n) is 4.31. The zero-order valence-corrected chi connectivity index (χ0v) is 15.5. The van der Waals surface area contributed by atoms with Gasteiger partial charge in [-0.05, 0) is 48.7 Å². The first-order valence-electron chi connectivity index (χ1n) is 8.65. The monoisotopic (exact) mass is 377 g/mol. The summed E-state index contributed by atoms with van der Waals surface area (Å²) in [6.45, 7) is 4.02. The standard InChI is InChI=1S/C21H19N3O4/c1-14-7-8-16(11-15(14)2)12-21(25)23-22-13-17-9-10-20(28-17)18-5-3-4-6-19(18)24(26)27/h3-11,13H,12H2,1-2H3,(H,23,25)/b22-13-. The van der Waals surface area contributed by atoms with Gasteiger partial charge in [0.1, 0.15) is 11.5 Å². The van der Waals surface area contributed by atoms with Crippen molar-refractivity contribution in [2.24, 2.45) is 5.10 Å². The molecule has 7 heteroatoms. The maximum atomic E-state index is 12.0. The molecule has 0 radical (unpaired) electrons. The number of furan rings is 1. The normalized spacial score (nSPS) is 10.9. The lowest BCUT2D eigenvalue weighted by Crippen LogP contribution is -2.19. The number of hydrogen-bond donors (Lipinski definition) is 1. The summed E-state index contributed by atoms with van der Waals surface area (Å²) in [7, 11) is 0. The molecule has 0 saturated heterocycles. The highest BCUT2D eigenvalue weighted by Gasteiger charge is 2.16. The van der Waals surface area contributed by atoms with E-state index in [0.717, 1.165) is 11.1 Å². The van der Waals surface area contributed by atoms with Crippen molar-refractivity contribution < 1.29 is 14.1 Å². The van der Waals surface area contributed by atoms with Crippen molar-refractivity contribution in [3.63, 3.8) is 0 Å². The number of hydrazone groups is 1. The molecule has 1 amide bonds. The first-order chi connectivity index (χ1) is 13.4. The van der Waals surface area contributed by atoms with E-state index in [1.165, 1.54) is 17.8 Å². The number of hydrogen-bond acceptors (Lipinski definition) is 5. The quantitative estimate of drug-likeness (QED) is 0.396. The van der Waals surface area contributed by atoms with Crippen LogP contribution in [-0.2, 0) is 11.2 Å². The molecule has 142 valence electrons. The summed E-state index contributed by atoms with van der Waals surface area (Å²) in [5, 5.41) is 15.0. The number of carbonyl (C=O) groups is 1. The van der Waals surface area contributed by atoms with Gasteiger partial charge in [0, 0.05) is 6.07 Å². The number of nitrogens with zero attached hydrogens (tertiary/aromatic N) is 2. The molecule has 28 heavy (non-hydrogen) atoms. The van der Waals surface area contributed by atoms with E-state index in [-0.39, 0.29) is 18.0 Å². The smallest absolute Gasteiger partial charge is 0.280 e. The Morgan fingerprint density at radius 1 is 1.14 bits per heavy atom. The van der Waals surface area contributed by atoms with Crippen LogP contribution in [0, 0.1) is 24.0 Å². The fourth-order valence-electron chi connectivity index (χ4n) is 2.71. The number of nitro benzene ring substituents is 1. The Morgan fingerprint density at radius 2 is 1.93 bits per heavy atom. The highest BCUT2D eigenvalue weighted by molar-refractivity contribution is 5.82. The third kappa shape index (κ3) is 4.50. The summed E-state index contributed by atoms with van der Waals surface area (Å²) in [6.07, 6.45) is 1.58. The van der Waals surface area contributed by atoms with Crippen LogP contribution in [0.2, 0.25) is 0 Å². The number of carbonyl (C=O) groups excluding carboxylic acids is 1. The molecule has 0 spiro atoms. The van der Waals surface area contributed by atoms with Gasteiger partial charge in [0.15, 0.2) is 0 Å².